The van der Waals surface area contributed by atoms with Crippen molar-refractivity contribution < 1.29 is 22.7 Å². The number of hydrogen-bond acceptors (Lipinski definition) is 2. The average Bonchev–Trinajstić information content (AvgIpc) is 2.43. The zero-order valence-corrected chi connectivity index (χ0v) is 11.0. The van der Waals surface area contributed by atoms with Crippen LogP contribution in [0.5, 0.6) is 5.75 Å². The number of hydrogen-bond donors (Lipinski definition) is 0. The standard InChI is InChI=1S/C15H12F3NO2/c1-3-9-19(11-15(16,17)18)14(20)12-5-7-13(8-6-12)21-10-4-2/h1-2,5-8H,9-11H2. The molecule has 110 valence electrons. The van der Waals surface area contributed by atoms with E-state index in [9.17, 15) is 18.0 Å². The summed E-state index contributed by atoms with van der Waals surface area (Å²) in [5.41, 5.74) is 0.0857. The molecular formula is C15H12F3NO2. The zero-order valence-electron chi connectivity index (χ0n) is 11.0. The summed E-state index contributed by atoms with van der Waals surface area (Å²) >= 11 is 0. The summed E-state index contributed by atoms with van der Waals surface area (Å²) in [4.78, 5) is 12.5. The molecule has 1 amide bonds. The Kier molecular flexibility index (Phi) is 5.68. The molecule has 1 aromatic rings. The minimum Gasteiger partial charge on any atom is -0.481 e. The molecule has 3 nitrogen and oxygen atoms in total. The predicted molar refractivity (Wildman–Crippen MR) is 71.6 cm³/mol. The van der Waals surface area contributed by atoms with Crippen molar-refractivity contribution in [2.45, 2.75) is 6.18 Å². The Balaban J connectivity index is 2.84. The Morgan fingerprint density at radius 1 is 1.19 bits per heavy atom. The number of amides is 1. The molecule has 21 heavy (non-hydrogen) atoms. The Morgan fingerprint density at radius 3 is 2.29 bits per heavy atom. The van der Waals surface area contributed by atoms with Crippen molar-refractivity contribution in [1.29, 1.82) is 0 Å². The van der Waals surface area contributed by atoms with Crippen molar-refractivity contribution in [2.24, 2.45) is 0 Å². The minimum absolute atomic E-state index is 0.0601. The van der Waals surface area contributed by atoms with E-state index in [1.807, 2.05) is 5.92 Å². The van der Waals surface area contributed by atoms with Gasteiger partial charge in [0.2, 0.25) is 0 Å². The van der Waals surface area contributed by atoms with Crippen molar-refractivity contribution in [2.75, 3.05) is 19.7 Å². The lowest BCUT2D eigenvalue weighted by atomic mass is 10.2. The average molecular weight is 295 g/mol. The van der Waals surface area contributed by atoms with E-state index in [2.05, 4.69) is 5.92 Å². The first-order valence-corrected chi connectivity index (χ1v) is 5.83. The Bertz CT molecular complexity index is 565. The fourth-order valence-electron chi connectivity index (χ4n) is 1.53. The van der Waals surface area contributed by atoms with Gasteiger partial charge in [0.05, 0.1) is 6.54 Å². The number of benzene rings is 1. The van der Waals surface area contributed by atoms with Gasteiger partial charge in [-0.3, -0.25) is 4.79 Å². The van der Waals surface area contributed by atoms with Gasteiger partial charge >= 0.3 is 6.18 Å². The summed E-state index contributed by atoms with van der Waals surface area (Å²) in [5.74, 6) is 3.93. The number of carbonyl (C=O) groups excluding carboxylic acids is 1. The fraction of sp³-hybridized carbons (Fsp3) is 0.267. The molecule has 0 fully saturated rings. The molecule has 1 aromatic carbocycles. The summed E-state index contributed by atoms with van der Waals surface area (Å²) in [6.45, 7) is -1.76. The van der Waals surface area contributed by atoms with Crippen molar-refractivity contribution >= 4 is 5.91 Å². The molecule has 0 saturated heterocycles. The summed E-state index contributed by atoms with van der Waals surface area (Å²) in [6, 6.07) is 5.61. The second-order valence-corrected chi connectivity index (χ2v) is 4.00. The van der Waals surface area contributed by atoms with Gasteiger partial charge in [-0.1, -0.05) is 11.8 Å². The number of nitrogens with zero attached hydrogens (tertiary/aromatic N) is 1. The van der Waals surface area contributed by atoms with E-state index in [-0.39, 0.29) is 12.2 Å². The van der Waals surface area contributed by atoms with Crippen LogP contribution in [0.3, 0.4) is 0 Å². The van der Waals surface area contributed by atoms with Crippen molar-refractivity contribution in [3.05, 3.63) is 29.8 Å². The maximum atomic E-state index is 12.4. The van der Waals surface area contributed by atoms with Crippen LogP contribution in [0.2, 0.25) is 0 Å². The van der Waals surface area contributed by atoms with Gasteiger partial charge in [-0.15, -0.1) is 12.8 Å². The molecule has 0 N–H and O–H groups in total. The lowest BCUT2D eigenvalue weighted by Gasteiger charge is -2.21. The number of terminal acetylenes is 2. The number of alkyl halides is 3. The van der Waals surface area contributed by atoms with Crippen LogP contribution < -0.4 is 4.74 Å². The molecule has 0 bridgehead atoms. The maximum Gasteiger partial charge on any atom is 0.406 e. The molecule has 0 unspecified atom stereocenters. The third-order valence-electron chi connectivity index (χ3n) is 2.36. The van der Waals surface area contributed by atoms with Gasteiger partial charge in [0, 0.05) is 5.56 Å². The second kappa shape index (κ2) is 7.25. The third-order valence-corrected chi connectivity index (χ3v) is 2.36. The van der Waals surface area contributed by atoms with E-state index >= 15 is 0 Å². The van der Waals surface area contributed by atoms with Crippen LogP contribution in [-0.4, -0.2) is 36.7 Å². The van der Waals surface area contributed by atoms with Crippen LogP contribution in [0.15, 0.2) is 24.3 Å². The highest BCUT2D eigenvalue weighted by atomic mass is 19.4. The maximum absolute atomic E-state index is 12.4. The summed E-state index contributed by atoms with van der Waals surface area (Å²) in [7, 11) is 0. The van der Waals surface area contributed by atoms with Crippen LogP contribution in [0.4, 0.5) is 13.2 Å². The van der Waals surface area contributed by atoms with Gasteiger partial charge in [-0.05, 0) is 24.3 Å². The van der Waals surface area contributed by atoms with Gasteiger partial charge in [0.1, 0.15) is 18.9 Å². The molecule has 6 heteroatoms. The van der Waals surface area contributed by atoms with Gasteiger partial charge in [-0.25, -0.2) is 0 Å². The SMILES string of the molecule is C#CCOc1ccc(C(=O)N(CC#C)CC(F)(F)F)cc1. The predicted octanol–water partition coefficient (Wildman–Crippen LogP) is 2.34. The van der Waals surface area contributed by atoms with Gasteiger partial charge in [-0.2, -0.15) is 13.2 Å². The molecule has 0 aliphatic rings. The smallest absolute Gasteiger partial charge is 0.406 e. The molecule has 0 aliphatic carbocycles. The van der Waals surface area contributed by atoms with E-state index in [0.29, 0.717) is 10.6 Å². The summed E-state index contributed by atoms with van der Waals surface area (Å²) < 4.78 is 42.3. The van der Waals surface area contributed by atoms with Crippen molar-refractivity contribution in [3.63, 3.8) is 0 Å². The molecule has 0 heterocycles. The largest absolute Gasteiger partial charge is 0.481 e. The highest BCUT2D eigenvalue weighted by Gasteiger charge is 2.33. The number of ether oxygens (including phenoxy) is 1. The van der Waals surface area contributed by atoms with Crippen LogP contribution in [-0.2, 0) is 0 Å². The van der Waals surface area contributed by atoms with Gasteiger partial charge in [0.25, 0.3) is 5.91 Å². The number of rotatable bonds is 5. The quantitative estimate of drug-likeness (QED) is 0.780. The van der Waals surface area contributed by atoms with Crippen LogP contribution in [0.1, 0.15) is 10.4 Å². The zero-order chi connectivity index (χ0) is 15.9. The van der Waals surface area contributed by atoms with E-state index in [1.54, 1.807) is 0 Å². The highest BCUT2D eigenvalue weighted by Crippen LogP contribution is 2.19. The molecule has 0 aromatic heterocycles. The summed E-state index contributed by atoms with van der Waals surface area (Å²) in [5, 5.41) is 0. The Morgan fingerprint density at radius 2 is 1.81 bits per heavy atom. The molecule has 1 rings (SSSR count). The molecular weight excluding hydrogens is 283 g/mol. The van der Waals surface area contributed by atoms with E-state index in [0.717, 1.165) is 0 Å². The van der Waals surface area contributed by atoms with Crippen molar-refractivity contribution in [1.82, 2.24) is 4.90 Å². The molecule has 0 radical (unpaired) electrons. The highest BCUT2D eigenvalue weighted by molar-refractivity contribution is 5.94. The fourth-order valence-corrected chi connectivity index (χ4v) is 1.53. The van der Waals surface area contributed by atoms with Gasteiger partial charge < -0.3 is 9.64 Å². The van der Waals surface area contributed by atoms with Crippen LogP contribution in [0.25, 0.3) is 0 Å². The molecule has 0 aliphatic heterocycles. The van der Waals surface area contributed by atoms with E-state index in [4.69, 9.17) is 17.6 Å². The van der Waals surface area contributed by atoms with Crippen LogP contribution >= 0.6 is 0 Å². The van der Waals surface area contributed by atoms with E-state index < -0.39 is 25.2 Å². The minimum atomic E-state index is -4.51. The monoisotopic (exact) mass is 295 g/mol. The molecule has 0 saturated carbocycles. The molecule has 0 spiro atoms. The number of halogens is 3. The van der Waals surface area contributed by atoms with Crippen molar-refractivity contribution in [3.8, 4) is 30.4 Å². The lowest BCUT2D eigenvalue weighted by molar-refractivity contribution is -0.139. The Hall–Kier alpha value is -2.60. The molecule has 0 atom stereocenters. The van der Waals surface area contributed by atoms with Crippen LogP contribution in [0, 0.1) is 24.7 Å². The number of carbonyl (C=O) groups is 1. The van der Waals surface area contributed by atoms with E-state index in [1.165, 1.54) is 24.3 Å². The second-order valence-electron chi connectivity index (χ2n) is 4.00. The van der Waals surface area contributed by atoms with Gasteiger partial charge in [0.15, 0.2) is 0 Å². The first-order chi connectivity index (χ1) is 9.87. The topological polar surface area (TPSA) is 29.5 Å². The normalized spacial score (nSPS) is 10.3. The third kappa shape index (κ3) is 5.50. The summed E-state index contributed by atoms with van der Waals surface area (Å²) in [6.07, 6.45) is 5.51. The first kappa shape index (κ1) is 16.5. The first-order valence-electron chi connectivity index (χ1n) is 5.83. The lowest BCUT2D eigenvalue weighted by Crippen LogP contribution is -2.39. The Labute approximate surface area is 120 Å².